The van der Waals surface area contributed by atoms with Crippen LogP contribution in [0.1, 0.15) is 25.8 Å². The first-order valence-electron chi connectivity index (χ1n) is 5.89. The first kappa shape index (κ1) is 15.8. The first-order valence-corrected chi connectivity index (χ1v) is 8.20. The third-order valence-electron chi connectivity index (χ3n) is 2.41. The van der Waals surface area contributed by atoms with Crippen LogP contribution < -0.4 is 5.32 Å². The molecule has 0 aliphatic carbocycles. The average molecular weight is 306 g/mol. The van der Waals surface area contributed by atoms with Gasteiger partial charge in [0, 0.05) is 16.4 Å². The monoisotopic (exact) mass is 305 g/mol. The second kappa shape index (κ2) is 6.77. The molecule has 0 atom stereocenters. The number of halogens is 1. The number of anilines is 1. The van der Waals surface area contributed by atoms with Crippen molar-refractivity contribution >= 4 is 31.5 Å². The zero-order valence-corrected chi connectivity index (χ0v) is 12.3. The van der Waals surface area contributed by atoms with Crippen LogP contribution in [0.25, 0.3) is 0 Å². The Morgan fingerprint density at radius 2 is 2.05 bits per heavy atom. The zero-order chi connectivity index (χ0) is 14.5. The molecule has 1 aromatic carbocycles. The van der Waals surface area contributed by atoms with Crippen LogP contribution in [-0.2, 0) is 20.2 Å². The summed E-state index contributed by atoms with van der Waals surface area (Å²) in [7, 11) is 1.51. The highest BCUT2D eigenvalue weighted by Crippen LogP contribution is 2.23. The van der Waals surface area contributed by atoms with Crippen LogP contribution in [0.15, 0.2) is 23.1 Å². The predicted molar refractivity (Wildman–Crippen MR) is 74.1 cm³/mol. The fourth-order valence-electron chi connectivity index (χ4n) is 1.48. The Morgan fingerprint density at radius 1 is 1.37 bits per heavy atom. The molecule has 0 aliphatic rings. The molecule has 0 bridgehead atoms. The third-order valence-corrected chi connectivity index (χ3v) is 3.76. The summed E-state index contributed by atoms with van der Waals surface area (Å²) >= 11 is 0. The smallest absolute Gasteiger partial charge is 0.411 e. The molecule has 19 heavy (non-hydrogen) atoms. The van der Waals surface area contributed by atoms with Crippen molar-refractivity contribution in [3.63, 3.8) is 0 Å². The van der Waals surface area contributed by atoms with Gasteiger partial charge in [0.2, 0.25) is 0 Å². The van der Waals surface area contributed by atoms with E-state index in [9.17, 15) is 13.2 Å². The van der Waals surface area contributed by atoms with Gasteiger partial charge in [0.1, 0.15) is 0 Å². The Morgan fingerprint density at radius 3 is 2.58 bits per heavy atom. The maximum atomic E-state index is 11.4. The van der Waals surface area contributed by atoms with Gasteiger partial charge in [-0.2, -0.15) is 0 Å². The van der Waals surface area contributed by atoms with Gasteiger partial charge in [-0.1, -0.05) is 13.8 Å². The number of nitrogens with one attached hydrogen (secondary N) is 1. The molecule has 0 saturated heterocycles. The van der Waals surface area contributed by atoms with E-state index in [1.54, 1.807) is 0 Å². The Hall–Kier alpha value is -1.27. The number of carbonyl (C=O) groups is 1. The van der Waals surface area contributed by atoms with Gasteiger partial charge in [-0.3, -0.25) is 5.32 Å². The van der Waals surface area contributed by atoms with E-state index in [0.717, 1.165) is 6.42 Å². The number of aryl methyl sites for hydroxylation is 1. The second-order valence-electron chi connectivity index (χ2n) is 3.87. The van der Waals surface area contributed by atoms with Gasteiger partial charge in [-0.05, 0) is 36.6 Å². The summed E-state index contributed by atoms with van der Waals surface area (Å²) in [6.45, 7) is 4.08. The van der Waals surface area contributed by atoms with Crippen LogP contribution in [0.2, 0.25) is 0 Å². The number of hydrogen-bond donors (Lipinski definition) is 1. The normalized spacial score (nSPS) is 11.1. The molecule has 0 heterocycles. The minimum atomic E-state index is -3.77. The van der Waals surface area contributed by atoms with Gasteiger partial charge in [0.25, 0.3) is 9.05 Å². The van der Waals surface area contributed by atoms with Crippen molar-refractivity contribution in [2.45, 2.75) is 31.6 Å². The number of rotatable bonds is 5. The first-order chi connectivity index (χ1) is 8.88. The van der Waals surface area contributed by atoms with Crippen LogP contribution in [-0.4, -0.2) is 21.1 Å². The van der Waals surface area contributed by atoms with E-state index in [-0.39, 0.29) is 4.90 Å². The Labute approximate surface area is 117 Å². The van der Waals surface area contributed by atoms with Gasteiger partial charge < -0.3 is 4.74 Å². The van der Waals surface area contributed by atoms with E-state index in [1.165, 1.54) is 18.2 Å². The van der Waals surface area contributed by atoms with E-state index in [4.69, 9.17) is 15.4 Å². The molecule has 1 aromatic rings. The largest absolute Gasteiger partial charge is 0.449 e. The average Bonchev–Trinajstić information content (AvgIpc) is 2.35. The van der Waals surface area contributed by atoms with Crippen LogP contribution >= 0.6 is 10.7 Å². The number of carbonyl (C=O) groups excluding carboxylic acids is 1. The SMILES string of the molecule is CCCOC(=O)Nc1ccc(S(=O)(=O)Cl)cc1CC. The Balaban J connectivity index is 2.94. The molecule has 0 spiro atoms. The lowest BCUT2D eigenvalue weighted by atomic mass is 10.1. The van der Waals surface area contributed by atoms with E-state index in [2.05, 4.69) is 5.32 Å². The molecule has 1 amide bonds. The van der Waals surface area contributed by atoms with E-state index in [1.807, 2.05) is 13.8 Å². The topological polar surface area (TPSA) is 72.5 Å². The van der Waals surface area contributed by atoms with Crippen LogP contribution in [0, 0.1) is 0 Å². The van der Waals surface area contributed by atoms with Crippen LogP contribution in [0.4, 0.5) is 10.5 Å². The number of benzene rings is 1. The number of amides is 1. The number of ether oxygens (including phenoxy) is 1. The molecule has 0 fully saturated rings. The molecule has 5 nitrogen and oxygen atoms in total. The Kier molecular flexibility index (Phi) is 5.62. The molecule has 0 saturated carbocycles. The van der Waals surface area contributed by atoms with Crippen molar-refractivity contribution in [3.8, 4) is 0 Å². The van der Waals surface area contributed by atoms with Crippen LogP contribution in [0.3, 0.4) is 0 Å². The fourth-order valence-corrected chi connectivity index (χ4v) is 2.28. The number of hydrogen-bond acceptors (Lipinski definition) is 4. The Bertz CT molecular complexity index is 557. The standard InChI is InChI=1S/C12H16ClNO4S/c1-3-7-18-12(15)14-11-6-5-10(19(13,16)17)8-9(11)4-2/h5-6,8H,3-4,7H2,1-2H3,(H,14,15). The lowest BCUT2D eigenvalue weighted by Crippen LogP contribution is -2.15. The van der Waals surface area contributed by atoms with Crippen molar-refractivity contribution < 1.29 is 17.9 Å². The summed E-state index contributed by atoms with van der Waals surface area (Å²) in [5.41, 5.74) is 1.20. The van der Waals surface area contributed by atoms with Gasteiger partial charge >= 0.3 is 6.09 Å². The highest BCUT2D eigenvalue weighted by Gasteiger charge is 2.13. The molecule has 1 rings (SSSR count). The van der Waals surface area contributed by atoms with Gasteiger partial charge in [0.05, 0.1) is 11.5 Å². The minimum Gasteiger partial charge on any atom is -0.449 e. The summed E-state index contributed by atoms with van der Waals surface area (Å²) in [6, 6.07) is 4.29. The molecule has 7 heteroatoms. The van der Waals surface area contributed by atoms with Crippen molar-refractivity contribution in [1.29, 1.82) is 0 Å². The highest BCUT2D eigenvalue weighted by atomic mass is 35.7. The summed E-state index contributed by atoms with van der Waals surface area (Å²) in [5, 5.41) is 2.58. The predicted octanol–water partition coefficient (Wildman–Crippen LogP) is 3.14. The van der Waals surface area contributed by atoms with Crippen molar-refractivity contribution in [2.75, 3.05) is 11.9 Å². The lowest BCUT2D eigenvalue weighted by Gasteiger charge is -2.11. The fraction of sp³-hybridized carbons (Fsp3) is 0.417. The highest BCUT2D eigenvalue weighted by molar-refractivity contribution is 8.13. The maximum absolute atomic E-state index is 11.4. The molecule has 0 aliphatic heterocycles. The van der Waals surface area contributed by atoms with Gasteiger partial charge in [-0.15, -0.1) is 0 Å². The summed E-state index contributed by atoms with van der Waals surface area (Å²) in [5.74, 6) is 0. The van der Waals surface area contributed by atoms with Gasteiger partial charge in [0.15, 0.2) is 0 Å². The molecule has 0 unspecified atom stereocenters. The van der Waals surface area contributed by atoms with Crippen molar-refractivity contribution in [3.05, 3.63) is 23.8 Å². The molecule has 106 valence electrons. The second-order valence-corrected chi connectivity index (χ2v) is 6.44. The van der Waals surface area contributed by atoms with E-state index >= 15 is 0 Å². The van der Waals surface area contributed by atoms with Crippen molar-refractivity contribution in [2.24, 2.45) is 0 Å². The summed E-state index contributed by atoms with van der Waals surface area (Å²) in [6.07, 6.45) is 0.735. The molecular weight excluding hydrogens is 290 g/mol. The van der Waals surface area contributed by atoms with E-state index < -0.39 is 15.1 Å². The quantitative estimate of drug-likeness (QED) is 0.848. The zero-order valence-electron chi connectivity index (χ0n) is 10.8. The lowest BCUT2D eigenvalue weighted by molar-refractivity contribution is 0.161. The maximum Gasteiger partial charge on any atom is 0.411 e. The summed E-state index contributed by atoms with van der Waals surface area (Å²) in [4.78, 5) is 11.5. The van der Waals surface area contributed by atoms with Crippen molar-refractivity contribution in [1.82, 2.24) is 0 Å². The molecule has 0 aromatic heterocycles. The molecule has 0 radical (unpaired) electrons. The third kappa shape index (κ3) is 4.72. The minimum absolute atomic E-state index is 0.0125. The molecular formula is C12H16ClNO4S. The van der Waals surface area contributed by atoms with E-state index in [0.29, 0.717) is 24.3 Å². The molecule has 1 N–H and O–H groups in total. The van der Waals surface area contributed by atoms with Gasteiger partial charge in [-0.25, -0.2) is 13.2 Å². The van der Waals surface area contributed by atoms with Crippen LogP contribution in [0.5, 0.6) is 0 Å². The summed E-state index contributed by atoms with van der Waals surface area (Å²) < 4.78 is 27.4.